The average molecular weight is 192 g/mol. The van der Waals surface area contributed by atoms with Crippen molar-refractivity contribution in [3.8, 4) is 5.75 Å². The number of unbranched alkanes of at least 4 members (excludes halogenated alkanes) is 2. The molecule has 0 spiro atoms. The molecule has 1 aromatic carbocycles. The molecule has 1 rings (SSSR count). The zero-order valence-electron chi connectivity index (χ0n) is 9.25. The number of ether oxygens (including phenoxy) is 1. The molecule has 14 heavy (non-hydrogen) atoms. The van der Waals surface area contributed by atoms with E-state index in [1.807, 2.05) is 0 Å². The predicted octanol–water partition coefficient (Wildman–Crippen LogP) is 3.82. The van der Waals surface area contributed by atoms with E-state index >= 15 is 0 Å². The van der Waals surface area contributed by atoms with E-state index in [1.54, 1.807) is 0 Å². The highest BCUT2D eigenvalue weighted by Crippen LogP contribution is 2.12. The van der Waals surface area contributed by atoms with Gasteiger partial charge in [-0.15, -0.1) is 0 Å². The fraction of sp³-hybridized carbons (Fsp3) is 0.538. The normalized spacial score (nSPS) is 10.1. The van der Waals surface area contributed by atoms with Gasteiger partial charge in [-0.3, -0.25) is 0 Å². The summed E-state index contributed by atoms with van der Waals surface area (Å²) in [5.74, 6) is 0.998. The Morgan fingerprint density at radius 3 is 2.29 bits per heavy atom. The van der Waals surface area contributed by atoms with Gasteiger partial charge in [-0.1, -0.05) is 38.8 Å². The van der Waals surface area contributed by atoms with Crippen molar-refractivity contribution >= 4 is 0 Å². The first-order valence-corrected chi connectivity index (χ1v) is 5.58. The lowest BCUT2D eigenvalue weighted by Crippen LogP contribution is -1.96. The Balaban J connectivity index is 2.29. The van der Waals surface area contributed by atoms with Crippen LogP contribution in [-0.4, -0.2) is 6.61 Å². The van der Waals surface area contributed by atoms with Crippen molar-refractivity contribution in [2.24, 2.45) is 0 Å². The number of hydrogen-bond donors (Lipinski definition) is 0. The minimum Gasteiger partial charge on any atom is -0.494 e. The molecular weight excluding hydrogens is 172 g/mol. The summed E-state index contributed by atoms with van der Waals surface area (Å²) in [4.78, 5) is 0. The first kappa shape index (κ1) is 11.1. The number of benzene rings is 1. The minimum atomic E-state index is 0.847. The van der Waals surface area contributed by atoms with Crippen LogP contribution >= 0.6 is 0 Å². The lowest BCUT2D eigenvalue weighted by atomic mass is 10.2. The molecule has 0 aliphatic carbocycles. The standard InChI is InChI=1S/C13H20O/c1-3-5-6-11-14-13-9-7-12(4-2)8-10-13/h7-10H,3-6,11H2,1-2H3. The molecule has 0 bridgehead atoms. The summed E-state index contributed by atoms with van der Waals surface area (Å²) in [6.07, 6.45) is 4.76. The molecule has 1 heteroatoms. The van der Waals surface area contributed by atoms with Gasteiger partial charge >= 0.3 is 0 Å². The zero-order chi connectivity index (χ0) is 10.2. The van der Waals surface area contributed by atoms with Gasteiger partial charge in [0.1, 0.15) is 5.75 Å². The Kier molecular flexibility index (Phi) is 5.13. The molecule has 0 atom stereocenters. The molecule has 78 valence electrons. The zero-order valence-corrected chi connectivity index (χ0v) is 9.25. The Morgan fingerprint density at radius 1 is 1.00 bits per heavy atom. The van der Waals surface area contributed by atoms with Crippen LogP contribution in [0.3, 0.4) is 0 Å². The summed E-state index contributed by atoms with van der Waals surface area (Å²) >= 11 is 0. The van der Waals surface area contributed by atoms with Gasteiger partial charge in [0.05, 0.1) is 6.61 Å². The maximum absolute atomic E-state index is 5.61. The minimum absolute atomic E-state index is 0.847. The van der Waals surface area contributed by atoms with Crippen molar-refractivity contribution in [2.75, 3.05) is 6.61 Å². The van der Waals surface area contributed by atoms with E-state index in [1.165, 1.54) is 18.4 Å². The monoisotopic (exact) mass is 192 g/mol. The van der Waals surface area contributed by atoms with Crippen LogP contribution in [0.4, 0.5) is 0 Å². The lowest BCUT2D eigenvalue weighted by molar-refractivity contribution is 0.306. The highest BCUT2D eigenvalue weighted by molar-refractivity contribution is 5.27. The Labute approximate surface area is 87.1 Å². The summed E-state index contributed by atoms with van der Waals surface area (Å²) in [6.45, 7) is 5.21. The average Bonchev–Trinajstić information content (AvgIpc) is 2.25. The van der Waals surface area contributed by atoms with Crippen molar-refractivity contribution < 1.29 is 4.74 Å². The summed E-state index contributed by atoms with van der Waals surface area (Å²) in [7, 11) is 0. The van der Waals surface area contributed by atoms with Crippen LogP contribution < -0.4 is 4.74 Å². The molecule has 0 fully saturated rings. The summed E-state index contributed by atoms with van der Waals surface area (Å²) in [6, 6.07) is 8.39. The predicted molar refractivity (Wildman–Crippen MR) is 60.8 cm³/mol. The van der Waals surface area contributed by atoms with E-state index in [0.29, 0.717) is 0 Å². The SMILES string of the molecule is CCCCCOc1ccc(CC)cc1. The summed E-state index contributed by atoms with van der Waals surface area (Å²) < 4.78 is 5.61. The smallest absolute Gasteiger partial charge is 0.119 e. The Hall–Kier alpha value is -0.980. The Bertz CT molecular complexity index is 238. The molecule has 0 aliphatic rings. The fourth-order valence-corrected chi connectivity index (χ4v) is 1.36. The molecule has 0 aliphatic heterocycles. The van der Waals surface area contributed by atoms with Crippen LogP contribution in [0.15, 0.2) is 24.3 Å². The molecule has 0 saturated carbocycles. The van der Waals surface area contributed by atoms with Crippen LogP contribution in [0.5, 0.6) is 5.75 Å². The molecular formula is C13H20O. The number of rotatable bonds is 6. The van der Waals surface area contributed by atoms with Crippen LogP contribution in [0.1, 0.15) is 38.7 Å². The van der Waals surface area contributed by atoms with Gasteiger partial charge in [-0.25, -0.2) is 0 Å². The van der Waals surface area contributed by atoms with Gasteiger partial charge in [-0.05, 0) is 30.5 Å². The second-order valence-corrected chi connectivity index (χ2v) is 3.55. The van der Waals surface area contributed by atoms with Gasteiger partial charge in [0.2, 0.25) is 0 Å². The first-order chi connectivity index (χ1) is 6.86. The largest absolute Gasteiger partial charge is 0.494 e. The third-order valence-corrected chi connectivity index (χ3v) is 2.35. The molecule has 0 aromatic heterocycles. The topological polar surface area (TPSA) is 9.23 Å². The van der Waals surface area contributed by atoms with Crippen molar-refractivity contribution in [2.45, 2.75) is 39.5 Å². The van der Waals surface area contributed by atoms with Crippen LogP contribution in [0, 0.1) is 0 Å². The van der Waals surface area contributed by atoms with Crippen molar-refractivity contribution in [3.63, 3.8) is 0 Å². The molecule has 0 radical (unpaired) electrons. The van der Waals surface area contributed by atoms with E-state index in [9.17, 15) is 0 Å². The van der Waals surface area contributed by atoms with Crippen molar-refractivity contribution in [3.05, 3.63) is 29.8 Å². The first-order valence-electron chi connectivity index (χ1n) is 5.58. The van der Waals surface area contributed by atoms with Gasteiger partial charge < -0.3 is 4.74 Å². The molecule has 1 nitrogen and oxygen atoms in total. The van der Waals surface area contributed by atoms with Crippen LogP contribution in [0.25, 0.3) is 0 Å². The molecule has 0 N–H and O–H groups in total. The Morgan fingerprint density at radius 2 is 1.71 bits per heavy atom. The molecule has 1 aromatic rings. The molecule has 0 amide bonds. The van der Waals surface area contributed by atoms with Gasteiger partial charge in [0.15, 0.2) is 0 Å². The van der Waals surface area contributed by atoms with Gasteiger partial charge in [0, 0.05) is 0 Å². The lowest BCUT2D eigenvalue weighted by Gasteiger charge is -2.05. The number of aryl methyl sites for hydroxylation is 1. The molecule has 0 unspecified atom stereocenters. The van der Waals surface area contributed by atoms with E-state index < -0.39 is 0 Å². The highest BCUT2D eigenvalue weighted by Gasteiger charge is 1.93. The van der Waals surface area contributed by atoms with Crippen molar-refractivity contribution in [1.82, 2.24) is 0 Å². The highest BCUT2D eigenvalue weighted by atomic mass is 16.5. The summed E-state index contributed by atoms with van der Waals surface area (Å²) in [5.41, 5.74) is 1.37. The van der Waals surface area contributed by atoms with E-state index in [-0.39, 0.29) is 0 Å². The van der Waals surface area contributed by atoms with Gasteiger partial charge in [0.25, 0.3) is 0 Å². The van der Waals surface area contributed by atoms with Gasteiger partial charge in [-0.2, -0.15) is 0 Å². The third kappa shape index (κ3) is 3.82. The fourth-order valence-electron chi connectivity index (χ4n) is 1.36. The third-order valence-electron chi connectivity index (χ3n) is 2.35. The van der Waals surface area contributed by atoms with Crippen LogP contribution in [0.2, 0.25) is 0 Å². The van der Waals surface area contributed by atoms with E-state index in [4.69, 9.17) is 4.74 Å². The second kappa shape index (κ2) is 6.47. The van der Waals surface area contributed by atoms with E-state index in [0.717, 1.165) is 25.2 Å². The van der Waals surface area contributed by atoms with E-state index in [2.05, 4.69) is 38.1 Å². The quantitative estimate of drug-likeness (QED) is 0.623. The van der Waals surface area contributed by atoms with Crippen molar-refractivity contribution in [1.29, 1.82) is 0 Å². The molecule has 0 heterocycles. The maximum Gasteiger partial charge on any atom is 0.119 e. The summed E-state index contributed by atoms with van der Waals surface area (Å²) in [5, 5.41) is 0. The number of hydrogen-bond acceptors (Lipinski definition) is 1. The van der Waals surface area contributed by atoms with Crippen LogP contribution in [-0.2, 0) is 6.42 Å². The second-order valence-electron chi connectivity index (χ2n) is 3.55. The molecule has 0 saturated heterocycles. The maximum atomic E-state index is 5.61.